The van der Waals surface area contributed by atoms with E-state index in [2.05, 4.69) is 15.9 Å². The van der Waals surface area contributed by atoms with Crippen molar-refractivity contribution < 1.29 is 4.92 Å². The first-order valence-electron chi connectivity index (χ1n) is 4.70. The molecule has 0 aromatic heterocycles. The Hall–Kier alpha value is -0.750. The summed E-state index contributed by atoms with van der Waals surface area (Å²) >= 11 is 5.05. The van der Waals surface area contributed by atoms with Crippen LogP contribution >= 0.6 is 27.7 Å². The Morgan fingerprint density at radius 3 is 2.81 bits per heavy atom. The van der Waals surface area contributed by atoms with Gasteiger partial charge in [-0.1, -0.05) is 15.9 Å². The van der Waals surface area contributed by atoms with Gasteiger partial charge in [-0.05, 0) is 18.4 Å². The third kappa shape index (κ3) is 3.38. The molecule has 88 valence electrons. The van der Waals surface area contributed by atoms with Crippen LogP contribution in [0.1, 0.15) is 0 Å². The lowest BCUT2D eigenvalue weighted by Gasteiger charge is -2.18. The molecule has 1 rings (SSSR count). The van der Waals surface area contributed by atoms with Crippen molar-refractivity contribution in [3.8, 4) is 0 Å². The molecule has 0 heterocycles. The molecular weight excluding hydrogens is 292 g/mol. The summed E-state index contributed by atoms with van der Waals surface area (Å²) in [7, 11) is 1.87. The Morgan fingerprint density at radius 1 is 1.56 bits per heavy atom. The van der Waals surface area contributed by atoms with Crippen molar-refractivity contribution in [2.75, 3.05) is 30.5 Å². The Kier molecular flexibility index (Phi) is 5.08. The number of thioether (sulfide) groups is 1. The number of halogens is 1. The first-order chi connectivity index (χ1) is 7.56. The summed E-state index contributed by atoms with van der Waals surface area (Å²) in [5, 5.41) is 10.9. The van der Waals surface area contributed by atoms with Crippen LogP contribution in [-0.4, -0.2) is 30.5 Å². The zero-order chi connectivity index (χ0) is 12.1. The van der Waals surface area contributed by atoms with Gasteiger partial charge in [0.05, 0.1) is 4.92 Å². The average Bonchev–Trinajstić information content (AvgIpc) is 2.25. The minimum absolute atomic E-state index is 0.145. The molecule has 4 nitrogen and oxygen atoms in total. The van der Waals surface area contributed by atoms with Crippen LogP contribution in [0.15, 0.2) is 22.7 Å². The molecule has 16 heavy (non-hydrogen) atoms. The molecule has 0 N–H and O–H groups in total. The summed E-state index contributed by atoms with van der Waals surface area (Å²) in [5.74, 6) is 0.945. The van der Waals surface area contributed by atoms with Gasteiger partial charge in [0, 0.05) is 29.9 Å². The molecule has 0 amide bonds. The van der Waals surface area contributed by atoms with E-state index in [1.165, 1.54) is 6.07 Å². The molecule has 0 saturated heterocycles. The van der Waals surface area contributed by atoms with Crippen molar-refractivity contribution >= 4 is 39.1 Å². The lowest BCUT2D eigenvalue weighted by Crippen LogP contribution is -2.21. The van der Waals surface area contributed by atoms with Crippen LogP contribution in [0.4, 0.5) is 11.4 Å². The number of nitrogens with zero attached hydrogens (tertiary/aromatic N) is 2. The molecule has 0 aliphatic carbocycles. The van der Waals surface area contributed by atoms with E-state index in [4.69, 9.17) is 0 Å². The van der Waals surface area contributed by atoms with Crippen LogP contribution in [0.25, 0.3) is 0 Å². The zero-order valence-electron chi connectivity index (χ0n) is 9.14. The fourth-order valence-corrected chi connectivity index (χ4v) is 2.11. The number of rotatable bonds is 5. The number of benzene rings is 1. The van der Waals surface area contributed by atoms with Crippen LogP contribution in [0.3, 0.4) is 0 Å². The van der Waals surface area contributed by atoms with Crippen molar-refractivity contribution in [1.82, 2.24) is 0 Å². The molecular formula is C10H13BrN2O2S. The van der Waals surface area contributed by atoms with Gasteiger partial charge in [0.25, 0.3) is 5.69 Å². The van der Waals surface area contributed by atoms with Crippen molar-refractivity contribution in [2.45, 2.75) is 0 Å². The van der Waals surface area contributed by atoms with E-state index in [9.17, 15) is 10.1 Å². The Morgan fingerprint density at radius 2 is 2.25 bits per heavy atom. The molecule has 6 heteroatoms. The highest BCUT2D eigenvalue weighted by atomic mass is 79.9. The van der Waals surface area contributed by atoms with E-state index in [0.717, 1.165) is 16.8 Å². The number of hydrogen-bond acceptors (Lipinski definition) is 4. The molecule has 0 fully saturated rings. The Balaban J connectivity index is 2.99. The van der Waals surface area contributed by atoms with E-state index < -0.39 is 0 Å². The molecule has 0 unspecified atom stereocenters. The van der Waals surface area contributed by atoms with Gasteiger partial charge in [-0.15, -0.1) is 0 Å². The van der Waals surface area contributed by atoms with E-state index in [1.807, 2.05) is 18.2 Å². The van der Waals surface area contributed by atoms with Crippen LogP contribution in [0.2, 0.25) is 0 Å². The topological polar surface area (TPSA) is 46.4 Å². The fraction of sp³-hybridized carbons (Fsp3) is 0.400. The third-order valence-corrected chi connectivity index (χ3v) is 3.26. The van der Waals surface area contributed by atoms with Crippen LogP contribution < -0.4 is 4.90 Å². The molecule has 0 bridgehead atoms. The van der Waals surface area contributed by atoms with E-state index in [0.29, 0.717) is 5.69 Å². The lowest BCUT2D eigenvalue weighted by molar-refractivity contribution is -0.384. The van der Waals surface area contributed by atoms with Gasteiger partial charge >= 0.3 is 0 Å². The van der Waals surface area contributed by atoms with Crippen LogP contribution in [0, 0.1) is 10.1 Å². The number of anilines is 1. The standard InChI is InChI=1S/C10H13BrN2O2S/c1-12(5-6-16-2)10-7-8(11)3-4-9(10)13(14)15/h3-4,7H,5-6H2,1-2H3. The summed E-state index contributed by atoms with van der Waals surface area (Å²) in [6.45, 7) is 0.790. The van der Waals surface area contributed by atoms with Crippen molar-refractivity contribution in [1.29, 1.82) is 0 Å². The quantitative estimate of drug-likeness (QED) is 0.619. The molecule has 0 radical (unpaired) electrons. The highest BCUT2D eigenvalue weighted by Gasteiger charge is 2.16. The van der Waals surface area contributed by atoms with Crippen molar-refractivity contribution in [2.24, 2.45) is 0 Å². The largest absolute Gasteiger partial charge is 0.368 e. The second-order valence-corrected chi connectivity index (χ2v) is 5.21. The number of nitro groups is 1. The molecule has 0 saturated carbocycles. The van der Waals surface area contributed by atoms with Crippen molar-refractivity contribution in [3.05, 3.63) is 32.8 Å². The molecule has 0 aliphatic rings. The van der Waals surface area contributed by atoms with E-state index in [1.54, 1.807) is 23.9 Å². The van der Waals surface area contributed by atoms with Gasteiger partial charge in [0.2, 0.25) is 0 Å². The first-order valence-corrected chi connectivity index (χ1v) is 6.89. The predicted octanol–water partition coefficient (Wildman–Crippen LogP) is 3.16. The first kappa shape index (κ1) is 13.3. The maximum atomic E-state index is 10.9. The third-order valence-electron chi connectivity index (χ3n) is 2.18. The number of hydrogen-bond donors (Lipinski definition) is 0. The predicted molar refractivity (Wildman–Crippen MR) is 72.4 cm³/mol. The number of nitro benzene ring substituents is 1. The highest BCUT2D eigenvalue weighted by molar-refractivity contribution is 9.10. The van der Waals surface area contributed by atoms with Gasteiger partial charge in [-0.3, -0.25) is 10.1 Å². The van der Waals surface area contributed by atoms with Gasteiger partial charge < -0.3 is 4.90 Å². The van der Waals surface area contributed by atoms with Crippen LogP contribution in [0.5, 0.6) is 0 Å². The molecule has 1 aromatic carbocycles. The zero-order valence-corrected chi connectivity index (χ0v) is 11.5. The van der Waals surface area contributed by atoms with Gasteiger partial charge in [-0.25, -0.2) is 0 Å². The van der Waals surface area contributed by atoms with Crippen molar-refractivity contribution in [3.63, 3.8) is 0 Å². The fourth-order valence-electron chi connectivity index (χ4n) is 1.31. The van der Waals surface area contributed by atoms with Gasteiger partial charge in [-0.2, -0.15) is 11.8 Å². The summed E-state index contributed by atoms with van der Waals surface area (Å²) < 4.78 is 0.851. The Labute approximate surface area is 107 Å². The molecule has 0 atom stereocenters. The highest BCUT2D eigenvalue weighted by Crippen LogP contribution is 2.30. The minimum Gasteiger partial charge on any atom is -0.368 e. The SMILES string of the molecule is CSCCN(C)c1cc(Br)ccc1[N+](=O)[O-]. The second kappa shape index (κ2) is 6.10. The van der Waals surface area contributed by atoms with E-state index >= 15 is 0 Å². The summed E-state index contributed by atoms with van der Waals surface area (Å²) in [5.41, 5.74) is 0.792. The summed E-state index contributed by atoms with van der Waals surface area (Å²) in [4.78, 5) is 12.4. The smallest absolute Gasteiger partial charge is 0.292 e. The Bertz CT molecular complexity index is 387. The minimum atomic E-state index is -0.350. The molecule has 1 aromatic rings. The monoisotopic (exact) mass is 304 g/mol. The molecule has 0 spiro atoms. The van der Waals surface area contributed by atoms with Gasteiger partial charge in [0.15, 0.2) is 0 Å². The van der Waals surface area contributed by atoms with E-state index in [-0.39, 0.29) is 10.6 Å². The maximum absolute atomic E-state index is 10.9. The second-order valence-electron chi connectivity index (χ2n) is 3.30. The normalized spacial score (nSPS) is 10.2. The summed E-state index contributed by atoms with van der Waals surface area (Å²) in [6.07, 6.45) is 2.02. The summed E-state index contributed by atoms with van der Waals surface area (Å²) in [6, 6.07) is 4.98. The van der Waals surface area contributed by atoms with Crippen LogP contribution in [-0.2, 0) is 0 Å². The van der Waals surface area contributed by atoms with Gasteiger partial charge in [0.1, 0.15) is 5.69 Å². The molecule has 0 aliphatic heterocycles. The maximum Gasteiger partial charge on any atom is 0.292 e. The average molecular weight is 305 g/mol. The lowest BCUT2D eigenvalue weighted by atomic mass is 10.2.